The molecule has 0 fully saturated rings. The minimum absolute atomic E-state index is 0.136. The smallest absolute Gasteiger partial charge is 0.0902 e. The van der Waals surface area contributed by atoms with Gasteiger partial charge in [0.2, 0.25) is 0 Å². The second kappa shape index (κ2) is 3.96. The van der Waals surface area contributed by atoms with E-state index in [4.69, 9.17) is 7.85 Å². The molecule has 0 saturated carbocycles. The van der Waals surface area contributed by atoms with Gasteiger partial charge in [-0.25, -0.2) is 0 Å². The maximum Gasteiger partial charge on any atom is 0.0902 e. The second-order valence-electron chi connectivity index (χ2n) is 2.59. The zero-order chi connectivity index (χ0) is 6.57. The first kappa shape index (κ1) is 8.02. The molecule has 1 N–H and O–H groups in total. The second-order valence-corrected chi connectivity index (χ2v) is 2.59. The SMILES string of the molecule is [B]C(C)NCC(C)C. The highest BCUT2D eigenvalue weighted by Crippen LogP contribution is 1.86. The third-order valence-electron chi connectivity index (χ3n) is 0.848. The summed E-state index contributed by atoms with van der Waals surface area (Å²) in [7, 11) is 5.43. The van der Waals surface area contributed by atoms with Crippen molar-refractivity contribution in [3.63, 3.8) is 0 Å². The summed E-state index contributed by atoms with van der Waals surface area (Å²) in [6.07, 6.45) is 0. The van der Waals surface area contributed by atoms with Gasteiger partial charge in [0.15, 0.2) is 0 Å². The van der Waals surface area contributed by atoms with E-state index in [0.29, 0.717) is 5.92 Å². The lowest BCUT2D eigenvalue weighted by atomic mass is 9.99. The molecule has 46 valence electrons. The van der Waals surface area contributed by atoms with Crippen molar-refractivity contribution in [2.24, 2.45) is 5.92 Å². The van der Waals surface area contributed by atoms with Crippen molar-refractivity contribution in [1.29, 1.82) is 0 Å². The van der Waals surface area contributed by atoms with Gasteiger partial charge < -0.3 is 5.32 Å². The molecule has 0 aromatic heterocycles. The predicted molar refractivity (Wildman–Crippen MR) is 38.1 cm³/mol. The molecule has 2 radical (unpaired) electrons. The van der Waals surface area contributed by atoms with E-state index in [0.717, 1.165) is 6.54 Å². The Kier molecular flexibility index (Phi) is 3.97. The van der Waals surface area contributed by atoms with Crippen molar-refractivity contribution < 1.29 is 0 Å². The largest absolute Gasteiger partial charge is 0.323 e. The molecule has 0 aliphatic rings. The third kappa shape index (κ3) is 6.02. The fraction of sp³-hybridized carbons (Fsp3) is 1.00. The van der Waals surface area contributed by atoms with E-state index in [-0.39, 0.29) is 5.94 Å². The molecule has 0 heterocycles. The number of hydrogen-bond donors (Lipinski definition) is 1. The van der Waals surface area contributed by atoms with Crippen molar-refractivity contribution in [3.05, 3.63) is 0 Å². The Hall–Kier alpha value is 0.0249. The van der Waals surface area contributed by atoms with Crippen LogP contribution in [0.4, 0.5) is 0 Å². The Balaban J connectivity index is 2.93. The number of hydrogen-bond acceptors (Lipinski definition) is 1. The maximum atomic E-state index is 5.43. The van der Waals surface area contributed by atoms with Gasteiger partial charge in [-0.2, -0.15) is 0 Å². The first-order chi connectivity index (χ1) is 3.63. The molecule has 1 atom stereocenters. The fourth-order valence-electron chi connectivity index (χ4n) is 0.422. The summed E-state index contributed by atoms with van der Waals surface area (Å²) < 4.78 is 0. The summed E-state index contributed by atoms with van der Waals surface area (Å²) in [4.78, 5) is 0. The van der Waals surface area contributed by atoms with Crippen LogP contribution < -0.4 is 5.32 Å². The predicted octanol–water partition coefficient (Wildman–Crippen LogP) is 0.746. The monoisotopic (exact) mass is 111 g/mol. The first-order valence-corrected chi connectivity index (χ1v) is 3.12. The molecule has 1 unspecified atom stereocenters. The Morgan fingerprint density at radius 1 is 1.38 bits per heavy atom. The zero-order valence-electron chi connectivity index (χ0n) is 5.94. The molecule has 0 aromatic carbocycles. The van der Waals surface area contributed by atoms with Gasteiger partial charge in [0.25, 0.3) is 0 Å². The van der Waals surface area contributed by atoms with Crippen LogP contribution in [0.2, 0.25) is 0 Å². The molecular weight excluding hydrogens is 96.9 g/mol. The summed E-state index contributed by atoms with van der Waals surface area (Å²) >= 11 is 0. The molecule has 0 bridgehead atoms. The third-order valence-corrected chi connectivity index (χ3v) is 0.848. The van der Waals surface area contributed by atoms with E-state index in [1.54, 1.807) is 0 Å². The topological polar surface area (TPSA) is 12.0 Å². The molecule has 0 aliphatic heterocycles. The first-order valence-electron chi connectivity index (χ1n) is 3.12. The zero-order valence-corrected chi connectivity index (χ0v) is 5.94. The molecule has 8 heavy (non-hydrogen) atoms. The maximum absolute atomic E-state index is 5.43. The normalized spacial score (nSPS) is 14.5. The number of nitrogens with one attached hydrogen (secondary N) is 1. The standard InChI is InChI=1S/C6H14BN/c1-5(2)4-8-6(3)7/h5-6,8H,4H2,1-3H3. The highest BCUT2D eigenvalue weighted by Gasteiger charge is 1.93. The van der Waals surface area contributed by atoms with E-state index < -0.39 is 0 Å². The van der Waals surface area contributed by atoms with Crippen molar-refractivity contribution in [3.8, 4) is 0 Å². The molecule has 0 aliphatic carbocycles. The van der Waals surface area contributed by atoms with Gasteiger partial charge in [-0.15, -0.1) is 0 Å². The van der Waals surface area contributed by atoms with Crippen LogP contribution in [-0.2, 0) is 0 Å². The van der Waals surface area contributed by atoms with E-state index >= 15 is 0 Å². The van der Waals surface area contributed by atoms with Crippen LogP contribution in [0.15, 0.2) is 0 Å². The lowest BCUT2D eigenvalue weighted by Crippen LogP contribution is -2.29. The lowest BCUT2D eigenvalue weighted by molar-refractivity contribution is 0.547. The van der Waals surface area contributed by atoms with Gasteiger partial charge in [-0.1, -0.05) is 20.8 Å². The molecule has 0 saturated heterocycles. The van der Waals surface area contributed by atoms with Crippen LogP contribution in [0, 0.1) is 5.92 Å². The van der Waals surface area contributed by atoms with Crippen molar-refractivity contribution >= 4 is 7.85 Å². The van der Waals surface area contributed by atoms with Gasteiger partial charge in [0, 0.05) is 0 Å². The van der Waals surface area contributed by atoms with Crippen LogP contribution in [0.25, 0.3) is 0 Å². The van der Waals surface area contributed by atoms with Crippen LogP contribution in [-0.4, -0.2) is 20.3 Å². The Morgan fingerprint density at radius 3 is 2.00 bits per heavy atom. The quantitative estimate of drug-likeness (QED) is 0.530. The molecule has 2 heteroatoms. The summed E-state index contributed by atoms with van der Waals surface area (Å²) in [6.45, 7) is 7.28. The van der Waals surface area contributed by atoms with Crippen LogP contribution in [0.3, 0.4) is 0 Å². The highest BCUT2D eigenvalue weighted by atomic mass is 14.9. The van der Waals surface area contributed by atoms with Crippen LogP contribution >= 0.6 is 0 Å². The average Bonchev–Trinajstić information content (AvgIpc) is 1.61. The fourth-order valence-corrected chi connectivity index (χ4v) is 0.422. The van der Waals surface area contributed by atoms with Gasteiger partial charge in [-0.3, -0.25) is 0 Å². The Labute approximate surface area is 53.3 Å². The van der Waals surface area contributed by atoms with E-state index in [2.05, 4.69) is 19.2 Å². The van der Waals surface area contributed by atoms with Gasteiger partial charge in [0.05, 0.1) is 7.85 Å². The van der Waals surface area contributed by atoms with Crippen LogP contribution in [0.5, 0.6) is 0 Å². The van der Waals surface area contributed by atoms with E-state index in [1.165, 1.54) is 0 Å². The van der Waals surface area contributed by atoms with Gasteiger partial charge >= 0.3 is 0 Å². The lowest BCUT2D eigenvalue weighted by Gasteiger charge is -2.09. The van der Waals surface area contributed by atoms with E-state index in [1.807, 2.05) is 6.92 Å². The van der Waals surface area contributed by atoms with Crippen molar-refractivity contribution in [2.45, 2.75) is 26.7 Å². The average molecular weight is 111 g/mol. The molecular formula is C6H14BN. The summed E-state index contributed by atoms with van der Waals surface area (Å²) in [5.41, 5.74) is 0. The highest BCUT2D eigenvalue weighted by molar-refractivity contribution is 6.11. The molecule has 0 spiro atoms. The molecule has 1 nitrogen and oxygen atoms in total. The number of rotatable bonds is 3. The summed E-state index contributed by atoms with van der Waals surface area (Å²) in [5.74, 6) is 0.832. The van der Waals surface area contributed by atoms with Crippen molar-refractivity contribution in [1.82, 2.24) is 5.32 Å². The Bertz CT molecular complexity index is 44.5. The Morgan fingerprint density at radius 2 is 1.88 bits per heavy atom. The van der Waals surface area contributed by atoms with E-state index in [9.17, 15) is 0 Å². The summed E-state index contributed by atoms with van der Waals surface area (Å²) in [6, 6.07) is 0. The molecule has 0 amide bonds. The minimum atomic E-state index is 0.136. The van der Waals surface area contributed by atoms with Crippen LogP contribution in [0.1, 0.15) is 20.8 Å². The van der Waals surface area contributed by atoms with Gasteiger partial charge in [-0.05, 0) is 18.4 Å². The molecule has 0 aromatic rings. The molecule has 0 rings (SSSR count). The minimum Gasteiger partial charge on any atom is -0.323 e. The van der Waals surface area contributed by atoms with Crippen molar-refractivity contribution in [2.75, 3.05) is 6.54 Å². The summed E-state index contributed by atoms with van der Waals surface area (Å²) in [5, 5.41) is 3.12. The van der Waals surface area contributed by atoms with Gasteiger partial charge in [0.1, 0.15) is 0 Å².